The molecule has 1 aromatic carbocycles. The number of fused-ring (bicyclic) bond motifs is 1. The lowest BCUT2D eigenvalue weighted by Crippen LogP contribution is -2.60. The van der Waals surface area contributed by atoms with Crippen LogP contribution in [0.3, 0.4) is 0 Å². The van der Waals surface area contributed by atoms with Crippen LogP contribution in [0.2, 0.25) is 0 Å². The molecule has 0 bridgehead atoms. The largest absolute Gasteiger partial charge is 0.490 e. The van der Waals surface area contributed by atoms with Crippen LogP contribution in [0.4, 0.5) is 0 Å². The molecular formula is C28H43NO6. The number of carbonyl (C=O) groups excluding carboxylic acids is 2. The molecule has 0 spiro atoms. The fourth-order valence-corrected chi connectivity index (χ4v) is 5.13. The number of aryl methyl sites for hydroxylation is 2. The Morgan fingerprint density at radius 1 is 1.00 bits per heavy atom. The maximum atomic E-state index is 12.4. The van der Waals surface area contributed by atoms with Crippen molar-refractivity contribution in [2.45, 2.75) is 110 Å². The summed E-state index contributed by atoms with van der Waals surface area (Å²) < 4.78 is 22.9. The molecule has 2 aliphatic rings. The zero-order valence-electron chi connectivity index (χ0n) is 22.8. The first kappa shape index (κ1) is 27.3. The smallest absolute Gasteiger partial charge is 0.306 e. The lowest BCUT2D eigenvalue weighted by molar-refractivity contribution is -0.161. The van der Waals surface area contributed by atoms with Gasteiger partial charge in [-0.05, 0) is 91.6 Å². The van der Waals surface area contributed by atoms with Gasteiger partial charge < -0.3 is 18.9 Å². The van der Waals surface area contributed by atoms with Gasteiger partial charge in [0.05, 0.1) is 12.8 Å². The number of ether oxygens (including phenoxy) is 4. The zero-order chi connectivity index (χ0) is 26.0. The summed E-state index contributed by atoms with van der Waals surface area (Å²) in [5.74, 6) is 0.911. The summed E-state index contributed by atoms with van der Waals surface area (Å²) in [6, 6.07) is 4.03. The standard InChI is InChI=1S/C28H43NO6/c1-19-15-23-20(11-12-28(6,7)35-23)16-22(19)32-13-14-33-24(30)9-10-25(31)34-21-17-26(2,3)29(8)27(4,5)18-21/h15-16,21H,9-14,17-18H2,1-8H3. The normalized spacial score (nSPS) is 20.9. The van der Waals surface area contributed by atoms with Crippen molar-refractivity contribution in [2.75, 3.05) is 20.3 Å². The van der Waals surface area contributed by atoms with Gasteiger partial charge in [0.15, 0.2) is 0 Å². The minimum absolute atomic E-state index is 0.00321. The Hall–Kier alpha value is -2.28. The third-order valence-corrected chi connectivity index (χ3v) is 7.45. The second-order valence-electron chi connectivity index (χ2n) is 11.9. The monoisotopic (exact) mass is 489 g/mol. The highest BCUT2D eigenvalue weighted by Crippen LogP contribution is 2.39. The first-order chi connectivity index (χ1) is 16.2. The lowest BCUT2D eigenvalue weighted by atomic mass is 9.79. The summed E-state index contributed by atoms with van der Waals surface area (Å²) in [6.07, 6.45) is 3.31. The number of likely N-dealkylation sites (tertiary alicyclic amines) is 1. The third-order valence-electron chi connectivity index (χ3n) is 7.45. The molecule has 1 fully saturated rings. The van der Waals surface area contributed by atoms with Crippen LogP contribution in [0, 0.1) is 6.92 Å². The van der Waals surface area contributed by atoms with Gasteiger partial charge in [0.25, 0.3) is 0 Å². The highest BCUT2D eigenvalue weighted by Gasteiger charge is 2.44. The van der Waals surface area contributed by atoms with Crippen LogP contribution < -0.4 is 9.47 Å². The van der Waals surface area contributed by atoms with E-state index in [1.165, 1.54) is 0 Å². The Bertz CT molecular complexity index is 918. The number of rotatable bonds is 8. The summed E-state index contributed by atoms with van der Waals surface area (Å²) >= 11 is 0. The second kappa shape index (κ2) is 10.4. The van der Waals surface area contributed by atoms with Crippen molar-refractivity contribution < 1.29 is 28.5 Å². The van der Waals surface area contributed by atoms with Crippen molar-refractivity contribution in [1.82, 2.24) is 4.90 Å². The van der Waals surface area contributed by atoms with Gasteiger partial charge >= 0.3 is 11.9 Å². The molecular weight excluding hydrogens is 446 g/mol. The quantitative estimate of drug-likeness (QED) is 0.376. The predicted octanol–water partition coefficient (Wildman–Crippen LogP) is 5.00. The predicted molar refractivity (Wildman–Crippen MR) is 135 cm³/mol. The van der Waals surface area contributed by atoms with Crippen LogP contribution in [-0.2, 0) is 25.5 Å². The summed E-state index contributed by atoms with van der Waals surface area (Å²) in [6.45, 7) is 15.2. The molecule has 0 radical (unpaired) electrons. The van der Waals surface area contributed by atoms with Crippen LogP contribution in [0.1, 0.15) is 84.8 Å². The third kappa shape index (κ3) is 7.12. The van der Waals surface area contributed by atoms with Crippen molar-refractivity contribution in [2.24, 2.45) is 0 Å². The van der Waals surface area contributed by atoms with Crippen molar-refractivity contribution in [3.05, 3.63) is 23.3 Å². The van der Waals surface area contributed by atoms with Gasteiger partial charge in [-0.15, -0.1) is 0 Å². The minimum Gasteiger partial charge on any atom is -0.490 e. The maximum Gasteiger partial charge on any atom is 0.306 e. The van der Waals surface area contributed by atoms with Gasteiger partial charge in [-0.3, -0.25) is 14.5 Å². The molecule has 7 heteroatoms. The van der Waals surface area contributed by atoms with Crippen molar-refractivity contribution in [3.8, 4) is 11.5 Å². The summed E-state index contributed by atoms with van der Waals surface area (Å²) in [4.78, 5) is 26.8. The summed E-state index contributed by atoms with van der Waals surface area (Å²) in [7, 11) is 2.11. The van der Waals surface area contributed by atoms with E-state index in [4.69, 9.17) is 18.9 Å². The number of benzene rings is 1. The van der Waals surface area contributed by atoms with Gasteiger partial charge in [0.2, 0.25) is 0 Å². The van der Waals surface area contributed by atoms with Crippen molar-refractivity contribution in [1.29, 1.82) is 0 Å². The Morgan fingerprint density at radius 2 is 1.63 bits per heavy atom. The Morgan fingerprint density at radius 3 is 2.29 bits per heavy atom. The Kier molecular flexibility index (Phi) is 8.09. The van der Waals surface area contributed by atoms with Crippen LogP contribution >= 0.6 is 0 Å². The van der Waals surface area contributed by atoms with Gasteiger partial charge in [0, 0.05) is 23.9 Å². The molecule has 0 saturated carbocycles. The van der Waals surface area contributed by atoms with Gasteiger partial charge in [0.1, 0.15) is 36.4 Å². The molecule has 0 unspecified atom stereocenters. The zero-order valence-corrected chi connectivity index (χ0v) is 22.8. The molecule has 3 rings (SSSR count). The number of hydrogen-bond donors (Lipinski definition) is 0. The molecule has 0 amide bonds. The molecule has 0 N–H and O–H groups in total. The van der Waals surface area contributed by atoms with E-state index in [1.54, 1.807) is 0 Å². The van der Waals surface area contributed by atoms with Crippen LogP contribution in [-0.4, -0.2) is 59.9 Å². The first-order valence-electron chi connectivity index (χ1n) is 12.7. The summed E-state index contributed by atoms with van der Waals surface area (Å²) in [5, 5.41) is 0. The van der Waals surface area contributed by atoms with Crippen LogP contribution in [0.5, 0.6) is 11.5 Å². The Labute approximate surface area is 210 Å². The number of nitrogens with zero attached hydrogens (tertiary/aromatic N) is 1. The molecule has 196 valence electrons. The fraction of sp³-hybridized carbons (Fsp3) is 0.714. The van der Waals surface area contributed by atoms with Gasteiger partial charge in [-0.2, -0.15) is 0 Å². The molecule has 1 saturated heterocycles. The highest BCUT2D eigenvalue weighted by molar-refractivity contribution is 5.77. The molecule has 2 heterocycles. The number of esters is 2. The average molecular weight is 490 g/mol. The maximum absolute atomic E-state index is 12.4. The van der Waals surface area contributed by atoms with E-state index in [0.717, 1.165) is 48.3 Å². The van der Waals surface area contributed by atoms with Gasteiger partial charge in [-0.25, -0.2) is 0 Å². The fourth-order valence-electron chi connectivity index (χ4n) is 5.13. The van der Waals surface area contributed by atoms with Gasteiger partial charge in [-0.1, -0.05) is 0 Å². The van der Waals surface area contributed by atoms with E-state index in [0.29, 0.717) is 0 Å². The first-order valence-corrected chi connectivity index (χ1v) is 12.7. The molecule has 35 heavy (non-hydrogen) atoms. The number of piperidine rings is 1. The molecule has 2 aliphatic heterocycles. The topological polar surface area (TPSA) is 74.3 Å². The van der Waals surface area contributed by atoms with E-state index in [1.807, 2.05) is 19.1 Å². The van der Waals surface area contributed by atoms with E-state index in [-0.39, 0.29) is 54.8 Å². The SMILES string of the molecule is Cc1cc2c(cc1OCCOC(=O)CCC(=O)OC1CC(C)(C)N(C)C(C)(C)C1)CCC(C)(C)O2. The highest BCUT2D eigenvalue weighted by atomic mass is 16.6. The van der Waals surface area contributed by atoms with E-state index in [2.05, 4.69) is 53.5 Å². The number of hydrogen-bond acceptors (Lipinski definition) is 7. The van der Waals surface area contributed by atoms with Crippen LogP contribution in [0.15, 0.2) is 12.1 Å². The molecule has 7 nitrogen and oxygen atoms in total. The van der Waals surface area contributed by atoms with Crippen molar-refractivity contribution >= 4 is 11.9 Å². The second-order valence-corrected chi connectivity index (χ2v) is 11.9. The molecule has 0 aromatic heterocycles. The Balaban J connectivity index is 1.37. The lowest BCUT2D eigenvalue weighted by Gasteiger charge is -2.53. The average Bonchev–Trinajstić information content (AvgIpc) is 2.73. The van der Waals surface area contributed by atoms with Crippen LogP contribution in [0.25, 0.3) is 0 Å². The molecule has 0 aliphatic carbocycles. The summed E-state index contributed by atoms with van der Waals surface area (Å²) in [5.41, 5.74) is 1.84. The van der Waals surface area contributed by atoms with Crippen molar-refractivity contribution in [3.63, 3.8) is 0 Å². The number of carbonyl (C=O) groups is 2. The van der Waals surface area contributed by atoms with E-state index >= 15 is 0 Å². The van der Waals surface area contributed by atoms with E-state index < -0.39 is 5.97 Å². The minimum atomic E-state index is -0.424. The van der Waals surface area contributed by atoms with E-state index in [9.17, 15) is 9.59 Å². The molecule has 0 atom stereocenters. The molecule has 1 aromatic rings.